The molecule has 3 heterocycles. The van der Waals surface area contributed by atoms with Crippen LogP contribution in [0.2, 0.25) is 0 Å². The first kappa shape index (κ1) is 22.3. The number of fused-ring (bicyclic) bond motifs is 1. The van der Waals surface area contributed by atoms with E-state index < -0.39 is 0 Å². The van der Waals surface area contributed by atoms with Crippen LogP contribution in [0.15, 0.2) is 48.8 Å². The maximum absolute atomic E-state index is 15.9. The number of carbonyl (C=O) groups excluding carboxylic acids is 1. The molecule has 1 aliphatic carbocycles. The first-order chi connectivity index (χ1) is 17.1. The molecule has 7 heteroatoms. The molecule has 2 aliphatic heterocycles. The highest BCUT2D eigenvalue weighted by molar-refractivity contribution is 5.99. The lowest BCUT2D eigenvalue weighted by molar-refractivity contribution is -0.120. The van der Waals surface area contributed by atoms with Gasteiger partial charge in [-0.05, 0) is 76.7 Å². The number of anilines is 1. The standard InChI is InChI=1S/C28H31FN4O2/c1-18-7-10-23-26(33(18)28(34)19-8-9-19)25(29)15-24(27(23)35-22-5-3-2-4-6-22)20-16-31-32(17-20)21-11-13-30-14-12-21/h2-6,15-19,21,30H,7-14H2,1H3. The Hall–Kier alpha value is -3.19. The van der Waals surface area contributed by atoms with E-state index in [1.54, 1.807) is 11.1 Å². The van der Waals surface area contributed by atoms with Gasteiger partial charge >= 0.3 is 0 Å². The fraction of sp³-hybridized carbons (Fsp3) is 0.429. The summed E-state index contributed by atoms with van der Waals surface area (Å²) < 4.78 is 24.3. The van der Waals surface area contributed by atoms with Gasteiger partial charge in [0.25, 0.3) is 0 Å². The molecule has 1 saturated heterocycles. The van der Waals surface area contributed by atoms with Crippen LogP contribution in [-0.2, 0) is 11.2 Å². The van der Waals surface area contributed by atoms with Crippen LogP contribution in [0.5, 0.6) is 11.5 Å². The Morgan fingerprint density at radius 1 is 1.11 bits per heavy atom. The molecule has 1 N–H and O–H groups in total. The number of nitrogens with zero attached hydrogens (tertiary/aromatic N) is 3. The average molecular weight is 475 g/mol. The van der Waals surface area contributed by atoms with Crippen molar-refractivity contribution >= 4 is 11.6 Å². The topological polar surface area (TPSA) is 59.4 Å². The van der Waals surface area contributed by atoms with E-state index in [1.807, 2.05) is 48.1 Å². The first-order valence-corrected chi connectivity index (χ1v) is 12.8. The zero-order chi connectivity index (χ0) is 23.9. The van der Waals surface area contributed by atoms with Gasteiger partial charge in [0.1, 0.15) is 17.3 Å². The lowest BCUT2D eigenvalue weighted by atomic mass is 9.91. The van der Waals surface area contributed by atoms with Gasteiger partial charge in [-0.15, -0.1) is 0 Å². The summed E-state index contributed by atoms with van der Waals surface area (Å²) in [6, 6.07) is 11.4. The third-order valence-electron chi connectivity index (χ3n) is 7.52. The summed E-state index contributed by atoms with van der Waals surface area (Å²) in [7, 11) is 0. The highest BCUT2D eigenvalue weighted by Crippen LogP contribution is 2.47. The summed E-state index contributed by atoms with van der Waals surface area (Å²) >= 11 is 0. The zero-order valence-corrected chi connectivity index (χ0v) is 20.0. The molecule has 1 atom stereocenters. The number of piperidine rings is 1. The Morgan fingerprint density at radius 3 is 2.63 bits per heavy atom. The van der Waals surface area contributed by atoms with E-state index in [0.29, 0.717) is 35.2 Å². The van der Waals surface area contributed by atoms with Gasteiger partial charge in [-0.2, -0.15) is 5.10 Å². The quantitative estimate of drug-likeness (QED) is 0.532. The van der Waals surface area contributed by atoms with Gasteiger partial charge in [0.15, 0.2) is 0 Å². The number of halogens is 1. The van der Waals surface area contributed by atoms with Gasteiger partial charge in [-0.25, -0.2) is 4.39 Å². The Kier molecular flexibility index (Phi) is 5.80. The summed E-state index contributed by atoms with van der Waals surface area (Å²) in [5, 5.41) is 8.03. The van der Waals surface area contributed by atoms with Crippen LogP contribution in [0.25, 0.3) is 11.1 Å². The van der Waals surface area contributed by atoms with Crippen LogP contribution in [0.4, 0.5) is 10.1 Å². The summed E-state index contributed by atoms with van der Waals surface area (Å²) in [6.45, 7) is 3.95. The molecule has 1 aromatic heterocycles. The predicted molar refractivity (Wildman–Crippen MR) is 133 cm³/mol. The molecular weight excluding hydrogens is 443 g/mol. The second-order valence-electron chi connectivity index (χ2n) is 10.0. The normalized spacial score (nSPS) is 20.5. The molecule has 0 bridgehead atoms. The molecule has 6 nitrogen and oxygen atoms in total. The highest BCUT2D eigenvalue weighted by Gasteiger charge is 2.41. The monoisotopic (exact) mass is 474 g/mol. The van der Waals surface area contributed by atoms with Crippen molar-refractivity contribution in [2.75, 3.05) is 18.0 Å². The SMILES string of the molecule is CC1CCc2c(Oc3ccccc3)c(-c3cnn(C4CCNCC4)c3)cc(F)c2N1C(=O)C1CC1. The highest BCUT2D eigenvalue weighted by atomic mass is 19.1. The molecule has 0 spiro atoms. The van der Waals surface area contributed by atoms with Crippen LogP contribution < -0.4 is 15.0 Å². The van der Waals surface area contributed by atoms with E-state index >= 15 is 4.39 Å². The van der Waals surface area contributed by atoms with E-state index in [1.165, 1.54) is 6.07 Å². The van der Waals surface area contributed by atoms with E-state index in [2.05, 4.69) is 10.4 Å². The number of amides is 1. The van der Waals surface area contributed by atoms with Crippen LogP contribution in [0, 0.1) is 11.7 Å². The second kappa shape index (κ2) is 9.11. The number of aromatic nitrogens is 2. The van der Waals surface area contributed by atoms with E-state index in [-0.39, 0.29) is 23.7 Å². The molecule has 3 aliphatic rings. The Labute approximate surface area is 205 Å². The van der Waals surface area contributed by atoms with Crippen LogP contribution >= 0.6 is 0 Å². The van der Waals surface area contributed by atoms with Gasteiger partial charge in [0, 0.05) is 34.8 Å². The predicted octanol–water partition coefficient (Wildman–Crippen LogP) is 5.48. The second-order valence-corrected chi connectivity index (χ2v) is 10.0. The first-order valence-electron chi connectivity index (χ1n) is 12.8. The number of ether oxygens (including phenoxy) is 1. The maximum atomic E-state index is 15.9. The number of hydrogen-bond acceptors (Lipinski definition) is 4. The fourth-order valence-electron chi connectivity index (χ4n) is 5.41. The molecule has 1 unspecified atom stereocenters. The number of carbonyl (C=O) groups is 1. The Morgan fingerprint density at radius 2 is 1.89 bits per heavy atom. The minimum atomic E-state index is -0.370. The summed E-state index contributed by atoms with van der Waals surface area (Å²) in [5.74, 6) is 0.995. The lowest BCUT2D eigenvalue weighted by Gasteiger charge is -2.37. The molecule has 35 heavy (non-hydrogen) atoms. The van der Waals surface area contributed by atoms with Gasteiger partial charge in [0.2, 0.25) is 5.91 Å². The van der Waals surface area contributed by atoms with Crippen molar-refractivity contribution < 1.29 is 13.9 Å². The van der Waals surface area contributed by atoms with Crippen molar-refractivity contribution in [2.45, 2.75) is 57.5 Å². The average Bonchev–Trinajstić information content (AvgIpc) is 3.63. The number of nitrogens with one attached hydrogen (secondary N) is 1. The minimum Gasteiger partial charge on any atom is -0.456 e. The largest absolute Gasteiger partial charge is 0.456 e. The number of para-hydroxylation sites is 1. The number of hydrogen-bond donors (Lipinski definition) is 1. The van der Waals surface area contributed by atoms with Crippen molar-refractivity contribution in [3.05, 3.63) is 60.2 Å². The van der Waals surface area contributed by atoms with Crippen molar-refractivity contribution in [3.63, 3.8) is 0 Å². The number of rotatable bonds is 5. The van der Waals surface area contributed by atoms with Crippen molar-refractivity contribution in [2.24, 2.45) is 5.92 Å². The fourth-order valence-corrected chi connectivity index (χ4v) is 5.41. The third-order valence-corrected chi connectivity index (χ3v) is 7.52. The molecule has 6 rings (SSSR count). The molecular formula is C28H31FN4O2. The van der Waals surface area contributed by atoms with E-state index in [9.17, 15) is 4.79 Å². The summed E-state index contributed by atoms with van der Waals surface area (Å²) in [6.07, 6.45) is 9.05. The summed E-state index contributed by atoms with van der Waals surface area (Å²) in [4.78, 5) is 14.9. The third kappa shape index (κ3) is 4.22. The van der Waals surface area contributed by atoms with Crippen molar-refractivity contribution in [3.8, 4) is 22.6 Å². The molecule has 1 saturated carbocycles. The van der Waals surface area contributed by atoms with E-state index in [0.717, 1.165) is 56.3 Å². The Balaban J connectivity index is 1.47. The molecule has 1 amide bonds. The van der Waals surface area contributed by atoms with Gasteiger partial charge in [-0.1, -0.05) is 18.2 Å². The van der Waals surface area contributed by atoms with Crippen LogP contribution in [-0.4, -0.2) is 34.8 Å². The minimum absolute atomic E-state index is 0.0178. The summed E-state index contributed by atoms with van der Waals surface area (Å²) in [5.41, 5.74) is 2.67. The molecule has 182 valence electrons. The molecule has 3 aromatic rings. The Bertz CT molecular complexity index is 1230. The number of benzene rings is 2. The van der Waals surface area contributed by atoms with Crippen molar-refractivity contribution in [1.82, 2.24) is 15.1 Å². The zero-order valence-electron chi connectivity index (χ0n) is 20.0. The maximum Gasteiger partial charge on any atom is 0.230 e. The van der Waals surface area contributed by atoms with Gasteiger partial charge in [-0.3, -0.25) is 9.48 Å². The van der Waals surface area contributed by atoms with Crippen molar-refractivity contribution in [1.29, 1.82) is 0 Å². The molecule has 0 radical (unpaired) electrons. The molecule has 2 aromatic carbocycles. The van der Waals surface area contributed by atoms with Crippen LogP contribution in [0.3, 0.4) is 0 Å². The van der Waals surface area contributed by atoms with Gasteiger partial charge < -0.3 is 15.0 Å². The molecule has 2 fully saturated rings. The van der Waals surface area contributed by atoms with Crippen LogP contribution in [0.1, 0.15) is 50.6 Å². The van der Waals surface area contributed by atoms with Gasteiger partial charge in [0.05, 0.1) is 17.9 Å². The van der Waals surface area contributed by atoms with E-state index in [4.69, 9.17) is 4.74 Å². The lowest BCUT2D eigenvalue weighted by Crippen LogP contribution is -2.43. The smallest absolute Gasteiger partial charge is 0.230 e.